The monoisotopic (exact) mass is 242 g/mol. The number of nitrogens with zero attached hydrogens (tertiary/aromatic N) is 1. The average Bonchev–Trinajstić information content (AvgIpc) is 3.13. The van der Waals surface area contributed by atoms with Gasteiger partial charge in [-0.2, -0.15) is 0 Å². The maximum Gasteiger partial charge on any atom is 0.227 e. The molecule has 0 radical (unpaired) electrons. The predicted octanol–water partition coefficient (Wildman–Crippen LogP) is 2.01. The van der Waals surface area contributed by atoms with Crippen LogP contribution < -0.4 is 11.1 Å². The Kier molecular flexibility index (Phi) is 2.51. The lowest BCUT2D eigenvalue weighted by Gasteiger charge is -2.09. The lowest BCUT2D eigenvalue weighted by molar-refractivity contribution is -0.117. The first kappa shape index (κ1) is 10.8. The molecule has 18 heavy (non-hydrogen) atoms. The third-order valence-corrected chi connectivity index (χ3v) is 3.02. The van der Waals surface area contributed by atoms with Crippen molar-refractivity contribution in [3.05, 3.63) is 30.5 Å². The summed E-state index contributed by atoms with van der Waals surface area (Å²) in [6, 6.07) is 7.62. The van der Waals surface area contributed by atoms with Gasteiger partial charge in [-0.15, -0.1) is 0 Å². The minimum atomic E-state index is 0.0925. The summed E-state index contributed by atoms with van der Waals surface area (Å²) in [7, 11) is 0. The molecule has 3 rings (SSSR count). The Balaban J connectivity index is 1.91. The van der Waals surface area contributed by atoms with E-state index >= 15 is 0 Å². The number of aromatic amines is 1. The zero-order valence-corrected chi connectivity index (χ0v) is 9.81. The zero-order chi connectivity index (χ0) is 12.5. The highest BCUT2D eigenvalue weighted by Crippen LogP contribution is 2.32. The van der Waals surface area contributed by atoms with Crippen molar-refractivity contribution < 1.29 is 4.79 Å². The van der Waals surface area contributed by atoms with Crippen LogP contribution in [0.25, 0.3) is 11.3 Å². The second kappa shape index (κ2) is 4.18. The van der Waals surface area contributed by atoms with Gasteiger partial charge in [-0.25, -0.2) is 4.98 Å². The quantitative estimate of drug-likeness (QED) is 0.769. The van der Waals surface area contributed by atoms with Crippen LogP contribution in [0.5, 0.6) is 0 Å². The zero-order valence-electron chi connectivity index (χ0n) is 9.81. The molecule has 1 aliphatic rings. The maximum atomic E-state index is 11.8. The topological polar surface area (TPSA) is 83.8 Å². The average molecular weight is 242 g/mol. The first-order chi connectivity index (χ1) is 8.74. The summed E-state index contributed by atoms with van der Waals surface area (Å²) in [5.41, 5.74) is 8.06. The smallest absolute Gasteiger partial charge is 0.227 e. The molecule has 1 aliphatic carbocycles. The summed E-state index contributed by atoms with van der Waals surface area (Å²) < 4.78 is 0. The molecular formula is C13H14N4O. The van der Waals surface area contributed by atoms with Crippen LogP contribution in [0.4, 0.5) is 11.6 Å². The predicted molar refractivity (Wildman–Crippen MR) is 69.8 cm³/mol. The van der Waals surface area contributed by atoms with Crippen molar-refractivity contribution >= 4 is 17.5 Å². The molecule has 92 valence electrons. The van der Waals surface area contributed by atoms with Crippen LogP contribution in [0.3, 0.4) is 0 Å². The number of benzene rings is 1. The van der Waals surface area contributed by atoms with Crippen molar-refractivity contribution in [3.8, 4) is 11.3 Å². The van der Waals surface area contributed by atoms with Gasteiger partial charge in [-0.05, 0) is 18.9 Å². The molecular weight excluding hydrogens is 228 g/mol. The number of aromatic nitrogens is 2. The van der Waals surface area contributed by atoms with Crippen molar-refractivity contribution in [2.45, 2.75) is 12.8 Å². The van der Waals surface area contributed by atoms with E-state index < -0.39 is 0 Å². The molecule has 0 saturated heterocycles. The van der Waals surface area contributed by atoms with Crippen molar-refractivity contribution in [2.75, 3.05) is 11.1 Å². The Labute approximate surface area is 104 Å². The molecule has 1 aromatic heterocycles. The van der Waals surface area contributed by atoms with Gasteiger partial charge in [0.25, 0.3) is 0 Å². The number of hydrogen-bond donors (Lipinski definition) is 3. The molecule has 0 atom stereocenters. The molecule has 1 fully saturated rings. The van der Waals surface area contributed by atoms with Crippen LogP contribution in [-0.4, -0.2) is 15.9 Å². The van der Waals surface area contributed by atoms with E-state index in [1.54, 1.807) is 6.20 Å². The number of para-hydroxylation sites is 1. The number of nitrogen functional groups attached to an aromatic ring is 1. The number of rotatable bonds is 3. The second-order valence-electron chi connectivity index (χ2n) is 4.49. The van der Waals surface area contributed by atoms with Crippen LogP contribution in [0.15, 0.2) is 30.5 Å². The first-order valence-electron chi connectivity index (χ1n) is 5.95. The molecule has 5 heteroatoms. The number of nitrogens with one attached hydrogen (secondary N) is 2. The van der Waals surface area contributed by atoms with E-state index in [-0.39, 0.29) is 11.8 Å². The first-order valence-corrected chi connectivity index (χ1v) is 5.95. The van der Waals surface area contributed by atoms with Crippen molar-refractivity contribution in [1.82, 2.24) is 9.97 Å². The Morgan fingerprint density at radius 1 is 1.39 bits per heavy atom. The lowest BCUT2D eigenvalue weighted by atomic mass is 10.1. The van der Waals surface area contributed by atoms with E-state index in [2.05, 4.69) is 15.3 Å². The highest BCUT2D eigenvalue weighted by molar-refractivity contribution is 5.97. The number of anilines is 2. The van der Waals surface area contributed by atoms with Gasteiger partial charge in [0.2, 0.25) is 5.91 Å². The highest BCUT2D eigenvalue weighted by Gasteiger charge is 2.29. The minimum absolute atomic E-state index is 0.0925. The Bertz CT molecular complexity index is 586. The number of carbonyl (C=O) groups excluding carboxylic acids is 1. The van der Waals surface area contributed by atoms with Gasteiger partial charge in [-0.1, -0.05) is 18.2 Å². The van der Waals surface area contributed by atoms with Crippen LogP contribution in [0.1, 0.15) is 12.8 Å². The van der Waals surface area contributed by atoms with Gasteiger partial charge in [0.05, 0.1) is 17.6 Å². The minimum Gasteiger partial charge on any atom is -0.369 e. The second-order valence-corrected chi connectivity index (χ2v) is 4.49. The summed E-state index contributed by atoms with van der Waals surface area (Å²) in [5.74, 6) is 0.646. The number of amides is 1. The lowest BCUT2D eigenvalue weighted by Crippen LogP contribution is -2.13. The van der Waals surface area contributed by atoms with E-state index in [0.29, 0.717) is 5.95 Å². The SMILES string of the molecule is Nc1ncc(-c2ccccc2NC(=O)C2CC2)[nH]1. The van der Waals surface area contributed by atoms with Gasteiger partial charge in [0.15, 0.2) is 5.95 Å². The van der Waals surface area contributed by atoms with Crippen LogP contribution in [-0.2, 0) is 4.79 Å². The molecule has 1 saturated carbocycles. The van der Waals surface area contributed by atoms with Gasteiger partial charge in [-0.3, -0.25) is 4.79 Å². The molecule has 1 aromatic carbocycles. The Morgan fingerprint density at radius 2 is 2.17 bits per heavy atom. The fourth-order valence-electron chi connectivity index (χ4n) is 1.88. The van der Waals surface area contributed by atoms with E-state index in [4.69, 9.17) is 5.73 Å². The van der Waals surface area contributed by atoms with Gasteiger partial charge in [0, 0.05) is 11.5 Å². The summed E-state index contributed by atoms with van der Waals surface area (Å²) in [6.45, 7) is 0. The van der Waals surface area contributed by atoms with Gasteiger partial charge < -0.3 is 16.0 Å². The number of H-pyrrole nitrogens is 1. The van der Waals surface area contributed by atoms with E-state index in [1.807, 2.05) is 24.3 Å². The Hall–Kier alpha value is -2.30. The molecule has 4 N–H and O–H groups in total. The van der Waals surface area contributed by atoms with Crippen LogP contribution in [0, 0.1) is 5.92 Å². The normalized spacial score (nSPS) is 14.4. The fraction of sp³-hybridized carbons (Fsp3) is 0.231. The third-order valence-electron chi connectivity index (χ3n) is 3.02. The van der Waals surface area contributed by atoms with E-state index in [0.717, 1.165) is 29.8 Å². The molecule has 0 bridgehead atoms. The van der Waals surface area contributed by atoms with Crippen molar-refractivity contribution in [3.63, 3.8) is 0 Å². The molecule has 2 aromatic rings. The molecule has 0 aliphatic heterocycles. The highest BCUT2D eigenvalue weighted by atomic mass is 16.2. The molecule has 0 unspecified atom stereocenters. The fourth-order valence-corrected chi connectivity index (χ4v) is 1.88. The number of imidazole rings is 1. The number of nitrogens with two attached hydrogens (primary N) is 1. The van der Waals surface area contributed by atoms with Gasteiger partial charge in [0.1, 0.15) is 0 Å². The molecule has 1 heterocycles. The maximum absolute atomic E-state index is 11.8. The van der Waals surface area contributed by atoms with Crippen LogP contribution in [0.2, 0.25) is 0 Å². The summed E-state index contributed by atoms with van der Waals surface area (Å²) >= 11 is 0. The van der Waals surface area contributed by atoms with Crippen molar-refractivity contribution in [1.29, 1.82) is 0 Å². The van der Waals surface area contributed by atoms with E-state index in [9.17, 15) is 4.79 Å². The molecule has 5 nitrogen and oxygen atoms in total. The standard InChI is InChI=1S/C13H14N4O/c14-13-15-7-11(17-13)9-3-1-2-4-10(9)16-12(18)8-5-6-8/h1-4,7-8H,5-6H2,(H,16,18)(H3,14,15,17). The summed E-state index contributed by atoms with van der Waals surface area (Å²) in [5, 5.41) is 2.95. The molecule has 0 spiro atoms. The van der Waals surface area contributed by atoms with Gasteiger partial charge >= 0.3 is 0 Å². The Morgan fingerprint density at radius 3 is 2.83 bits per heavy atom. The molecule has 1 amide bonds. The number of hydrogen-bond acceptors (Lipinski definition) is 3. The number of carbonyl (C=O) groups is 1. The van der Waals surface area contributed by atoms with Crippen molar-refractivity contribution in [2.24, 2.45) is 5.92 Å². The summed E-state index contributed by atoms with van der Waals surface area (Å²) in [4.78, 5) is 18.7. The third kappa shape index (κ3) is 2.07. The van der Waals surface area contributed by atoms with Crippen LogP contribution >= 0.6 is 0 Å². The summed E-state index contributed by atoms with van der Waals surface area (Å²) in [6.07, 6.45) is 3.65. The largest absolute Gasteiger partial charge is 0.369 e. The van der Waals surface area contributed by atoms with E-state index in [1.165, 1.54) is 0 Å².